The van der Waals surface area contributed by atoms with Crippen molar-refractivity contribution in [1.82, 2.24) is 25.1 Å². The van der Waals surface area contributed by atoms with Gasteiger partial charge in [-0.3, -0.25) is 4.98 Å². The minimum absolute atomic E-state index is 0.00958. The van der Waals surface area contributed by atoms with Crippen molar-refractivity contribution < 1.29 is 14.3 Å². The molecule has 11 heteroatoms. The summed E-state index contributed by atoms with van der Waals surface area (Å²) in [6.07, 6.45) is 5.39. The second-order valence-electron chi connectivity index (χ2n) is 7.49. The average molecular weight is 438 g/mol. The molecule has 0 radical (unpaired) electrons. The lowest BCUT2D eigenvalue weighted by Crippen LogP contribution is -2.47. The highest BCUT2D eigenvalue weighted by Gasteiger charge is 2.24. The van der Waals surface area contributed by atoms with E-state index >= 15 is 0 Å². The molecule has 0 aliphatic rings. The van der Waals surface area contributed by atoms with Crippen molar-refractivity contribution in [3.63, 3.8) is 0 Å². The van der Waals surface area contributed by atoms with Gasteiger partial charge in [0, 0.05) is 24.5 Å². The Morgan fingerprint density at radius 3 is 2.66 bits per heavy atom. The van der Waals surface area contributed by atoms with Gasteiger partial charge in [-0.2, -0.15) is 10.4 Å². The van der Waals surface area contributed by atoms with Crippen molar-refractivity contribution in [1.29, 1.82) is 5.26 Å². The molecule has 3 aromatic heterocycles. The van der Waals surface area contributed by atoms with E-state index in [1.54, 1.807) is 48.5 Å². The van der Waals surface area contributed by atoms with Crippen LogP contribution in [0.25, 0.3) is 5.69 Å². The summed E-state index contributed by atoms with van der Waals surface area (Å²) in [5.41, 5.74) is 1.23. The van der Waals surface area contributed by atoms with E-state index in [0.29, 0.717) is 11.4 Å². The van der Waals surface area contributed by atoms with Crippen LogP contribution in [0.4, 0.5) is 26.5 Å². The number of aromatic nitrogens is 4. The molecule has 3 rings (SSSR count). The Balaban J connectivity index is 1.91. The second-order valence-corrected chi connectivity index (χ2v) is 7.49. The van der Waals surface area contributed by atoms with Gasteiger partial charge in [0.2, 0.25) is 0 Å². The Morgan fingerprint density at radius 1 is 1.25 bits per heavy atom. The average Bonchev–Trinajstić information content (AvgIpc) is 3.28. The maximum Gasteiger partial charge on any atom is 0.404 e. The number of amides is 1. The molecule has 166 valence electrons. The molecule has 3 aromatic rings. The molecule has 0 spiro atoms. The number of anilines is 3. The molecule has 1 amide bonds. The number of rotatable bonds is 8. The molecule has 10 nitrogen and oxygen atoms in total. The predicted octanol–water partition coefficient (Wildman–Crippen LogP) is 3.51. The first-order valence-corrected chi connectivity index (χ1v) is 9.87. The van der Waals surface area contributed by atoms with Crippen LogP contribution in [0.1, 0.15) is 26.3 Å². The molecule has 0 aliphatic heterocycles. The van der Waals surface area contributed by atoms with Crippen molar-refractivity contribution in [3.8, 4) is 11.8 Å². The maximum atomic E-state index is 14.7. The van der Waals surface area contributed by atoms with Crippen LogP contribution in [0.2, 0.25) is 0 Å². The predicted molar refractivity (Wildman–Crippen MR) is 116 cm³/mol. The third-order valence-electron chi connectivity index (χ3n) is 4.76. The Morgan fingerprint density at radius 2 is 2.03 bits per heavy atom. The Hall–Kier alpha value is -4.20. The largest absolute Gasteiger partial charge is 0.465 e. The quantitative estimate of drug-likeness (QED) is 0.419. The third-order valence-corrected chi connectivity index (χ3v) is 4.76. The third kappa shape index (κ3) is 5.28. The molecule has 0 aliphatic carbocycles. The van der Waals surface area contributed by atoms with Crippen molar-refractivity contribution >= 4 is 23.4 Å². The van der Waals surface area contributed by atoms with E-state index in [4.69, 9.17) is 5.11 Å². The SMILES string of the molecule is CC(C)[C@@H](Nc1nc(Nc2cncc(-n3cccn3)c2)c(C#N)cc1F)[C@H](C)NC(=O)O. The second kappa shape index (κ2) is 9.74. The number of carbonyl (C=O) groups is 1. The number of hydrogen-bond acceptors (Lipinski definition) is 7. The van der Waals surface area contributed by atoms with E-state index in [2.05, 4.69) is 31.0 Å². The molecule has 0 saturated carbocycles. The molecule has 2 atom stereocenters. The summed E-state index contributed by atoms with van der Waals surface area (Å²) in [7, 11) is 0. The summed E-state index contributed by atoms with van der Waals surface area (Å²) in [4.78, 5) is 19.5. The van der Waals surface area contributed by atoms with Crippen molar-refractivity contribution in [2.75, 3.05) is 10.6 Å². The summed E-state index contributed by atoms with van der Waals surface area (Å²) >= 11 is 0. The summed E-state index contributed by atoms with van der Waals surface area (Å²) in [5.74, 6) is -0.721. The smallest absolute Gasteiger partial charge is 0.404 e. The van der Waals surface area contributed by atoms with Gasteiger partial charge in [0.1, 0.15) is 6.07 Å². The van der Waals surface area contributed by atoms with Gasteiger partial charge in [0.15, 0.2) is 17.5 Å². The highest BCUT2D eigenvalue weighted by molar-refractivity contribution is 5.66. The number of nitrogens with one attached hydrogen (secondary N) is 3. The summed E-state index contributed by atoms with van der Waals surface area (Å²) in [6, 6.07) is 5.58. The molecular formula is C21H23FN8O2. The van der Waals surface area contributed by atoms with Gasteiger partial charge in [-0.1, -0.05) is 13.8 Å². The number of nitrogens with zero attached hydrogens (tertiary/aromatic N) is 5. The van der Waals surface area contributed by atoms with Crippen molar-refractivity contribution in [2.24, 2.45) is 5.92 Å². The van der Waals surface area contributed by atoms with E-state index < -0.39 is 24.0 Å². The zero-order valence-electron chi connectivity index (χ0n) is 17.7. The van der Waals surface area contributed by atoms with Crippen LogP contribution < -0.4 is 16.0 Å². The minimum Gasteiger partial charge on any atom is -0.465 e. The van der Waals surface area contributed by atoms with Gasteiger partial charge in [0.05, 0.1) is 29.3 Å². The fourth-order valence-electron chi connectivity index (χ4n) is 3.26. The zero-order valence-corrected chi connectivity index (χ0v) is 17.7. The van der Waals surface area contributed by atoms with Crippen LogP contribution in [0.15, 0.2) is 43.0 Å². The van der Waals surface area contributed by atoms with E-state index in [1.807, 2.05) is 19.9 Å². The minimum atomic E-state index is -1.18. The van der Waals surface area contributed by atoms with Crippen LogP contribution in [0, 0.1) is 23.1 Å². The lowest BCUT2D eigenvalue weighted by molar-refractivity contribution is 0.188. The molecule has 0 unspecified atom stereocenters. The van der Waals surface area contributed by atoms with Gasteiger partial charge >= 0.3 is 6.09 Å². The molecule has 0 saturated heterocycles. The maximum absolute atomic E-state index is 14.7. The molecule has 0 fully saturated rings. The lowest BCUT2D eigenvalue weighted by atomic mass is 9.97. The van der Waals surface area contributed by atoms with Crippen LogP contribution in [-0.4, -0.2) is 43.0 Å². The number of nitriles is 1. The van der Waals surface area contributed by atoms with Crippen molar-refractivity contribution in [2.45, 2.75) is 32.9 Å². The topological polar surface area (TPSA) is 141 Å². The summed E-state index contributed by atoms with van der Waals surface area (Å²) in [5, 5.41) is 31.0. The fourth-order valence-corrected chi connectivity index (χ4v) is 3.26. The zero-order chi connectivity index (χ0) is 23.3. The van der Waals surface area contributed by atoms with Crippen LogP contribution >= 0.6 is 0 Å². The molecule has 0 bridgehead atoms. The van der Waals surface area contributed by atoms with Gasteiger partial charge in [-0.15, -0.1) is 0 Å². The molecular weight excluding hydrogens is 415 g/mol. The van der Waals surface area contributed by atoms with Gasteiger partial charge in [0.25, 0.3) is 0 Å². The van der Waals surface area contributed by atoms with Crippen LogP contribution in [0.3, 0.4) is 0 Å². The van der Waals surface area contributed by atoms with E-state index in [-0.39, 0.29) is 23.1 Å². The first-order valence-electron chi connectivity index (χ1n) is 9.87. The number of carboxylic acid groups (broad SMARTS) is 1. The van der Waals surface area contributed by atoms with E-state index in [9.17, 15) is 14.4 Å². The first kappa shape index (κ1) is 22.5. The Bertz CT molecular complexity index is 1130. The Kier molecular flexibility index (Phi) is 6.84. The highest BCUT2D eigenvalue weighted by atomic mass is 19.1. The molecule has 0 aromatic carbocycles. The first-order chi connectivity index (χ1) is 15.3. The van der Waals surface area contributed by atoms with Gasteiger partial charge in [-0.25, -0.2) is 18.9 Å². The number of pyridine rings is 2. The van der Waals surface area contributed by atoms with Gasteiger partial charge < -0.3 is 21.1 Å². The number of halogens is 1. The molecule has 3 heterocycles. The van der Waals surface area contributed by atoms with Crippen LogP contribution in [-0.2, 0) is 0 Å². The standard InChI is InChI=1S/C21H23FN8O2/c1-12(2)18(13(3)26-21(31)32)28-20-17(22)7-14(9-23)19(29-20)27-15-8-16(11-24-10-15)30-6-4-5-25-30/h4-8,10-13,18,26H,1-3H3,(H,31,32)(H2,27,28,29)/t13-,18+/m0/s1. The fraction of sp³-hybridized carbons (Fsp3) is 0.286. The highest BCUT2D eigenvalue weighted by Crippen LogP contribution is 2.25. The normalized spacial score (nSPS) is 12.6. The molecule has 32 heavy (non-hydrogen) atoms. The monoisotopic (exact) mass is 438 g/mol. The van der Waals surface area contributed by atoms with E-state index in [1.165, 1.54) is 0 Å². The summed E-state index contributed by atoms with van der Waals surface area (Å²) < 4.78 is 16.3. The molecule has 4 N–H and O–H groups in total. The van der Waals surface area contributed by atoms with E-state index in [0.717, 1.165) is 6.07 Å². The van der Waals surface area contributed by atoms with Crippen molar-refractivity contribution in [3.05, 3.63) is 54.4 Å². The Labute approximate surface area is 184 Å². The number of hydrogen-bond donors (Lipinski definition) is 4. The van der Waals surface area contributed by atoms with Crippen LogP contribution in [0.5, 0.6) is 0 Å². The summed E-state index contributed by atoms with van der Waals surface area (Å²) in [6.45, 7) is 5.44. The van der Waals surface area contributed by atoms with Gasteiger partial charge in [-0.05, 0) is 31.0 Å². The lowest BCUT2D eigenvalue weighted by Gasteiger charge is -2.29.